The lowest BCUT2D eigenvalue weighted by Gasteiger charge is -2.14. The largest absolute Gasteiger partial charge is 0.370 e. The smallest absolute Gasteiger partial charge is 0.136 e. The van der Waals surface area contributed by atoms with E-state index in [-0.39, 0.29) is 0 Å². The van der Waals surface area contributed by atoms with Crippen LogP contribution in [0.15, 0.2) is 22.7 Å². The highest BCUT2D eigenvalue weighted by Crippen LogP contribution is 2.28. The molecule has 0 aliphatic rings. The summed E-state index contributed by atoms with van der Waals surface area (Å²) in [5.74, 6) is 2.52. The van der Waals surface area contributed by atoms with Crippen molar-refractivity contribution >= 4 is 33.3 Å². The van der Waals surface area contributed by atoms with Crippen LogP contribution in [0.3, 0.4) is 0 Å². The second kappa shape index (κ2) is 6.89. The predicted molar refractivity (Wildman–Crippen MR) is 92.5 cm³/mol. The monoisotopic (exact) mass is 348 g/mol. The fourth-order valence-corrected chi connectivity index (χ4v) is 2.91. The molecule has 1 heterocycles. The third-order valence-electron chi connectivity index (χ3n) is 3.20. The first-order chi connectivity index (χ1) is 10.0. The van der Waals surface area contributed by atoms with Crippen LogP contribution in [0.25, 0.3) is 0 Å². The van der Waals surface area contributed by atoms with Gasteiger partial charge in [0.15, 0.2) is 0 Å². The molecule has 1 aromatic heterocycles. The predicted octanol–water partition coefficient (Wildman–Crippen LogP) is 4.59. The van der Waals surface area contributed by atoms with E-state index in [2.05, 4.69) is 76.4 Å². The number of nitrogens with zero attached hydrogens (tertiary/aromatic N) is 2. The van der Waals surface area contributed by atoms with Gasteiger partial charge in [0.2, 0.25) is 0 Å². The molecule has 0 radical (unpaired) electrons. The van der Waals surface area contributed by atoms with Gasteiger partial charge < -0.3 is 10.6 Å². The van der Waals surface area contributed by atoms with Crippen LogP contribution in [0.1, 0.15) is 30.8 Å². The zero-order chi connectivity index (χ0) is 15.4. The Labute approximate surface area is 134 Å². The van der Waals surface area contributed by atoms with Crippen molar-refractivity contribution in [1.82, 2.24) is 9.97 Å². The van der Waals surface area contributed by atoms with Crippen molar-refractivity contribution in [3.8, 4) is 0 Å². The Hall–Kier alpha value is -1.62. The summed E-state index contributed by atoms with van der Waals surface area (Å²) in [5, 5.41) is 6.68. The highest BCUT2D eigenvalue weighted by atomic mass is 79.9. The summed E-state index contributed by atoms with van der Waals surface area (Å²) in [7, 11) is 0. The fraction of sp³-hybridized carbons (Fsp3) is 0.375. The van der Waals surface area contributed by atoms with Crippen molar-refractivity contribution in [3.63, 3.8) is 0 Å². The summed E-state index contributed by atoms with van der Waals surface area (Å²) >= 11 is 3.52. The van der Waals surface area contributed by atoms with Gasteiger partial charge in [-0.25, -0.2) is 9.97 Å². The number of benzene rings is 1. The molecular weight excluding hydrogens is 328 g/mol. The minimum Gasteiger partial charge on any atom is -0.370 e. The molecule has 0 unspecified atom stereocenters. The van der Waals surface area contributed by atoms with Crippen LogP contribution in [-0.2, 0) is 6.42 Å². The summed E-state index contributed by atoms with van der Waals surface area (Å²) in [6, 6.07) is 6.15. The van der Waals surface area contributed by atoms with Gasteiger partial charge in [-0.15, -0.1) is 0 Å². The summed E-state index contributed by atoms with van der Waals surface area (Å²) in [6.07, 6.45) is 0.812. The van der Waals surface area contributed by atoms with Gasteiger partial charge in [0.05, 0.1) is 0 Å². The van der Waals surface area contributed by atoms with Crippen molar-refractivity contribution in [1.29, 1.82) is 0 Å². The van der Waals surface area contributed by atoms with Crippen molar-refractivity contribution < 1.29 is 0 Å². The zero-order valence-corrected chi connectivity index (χ0v) is 14.5. The lowest BCUT2D eigenvalue weighted by atomic mass is 10.1. The van der Waals surface area contributed by atoms with Crippen LogP contribution in [0.2, 0.25) is 0 Å². The van der Waals surface area contributed by atoms with E-state index in [9.17, 15) is 0 Å². The number of aryl methyl sites for hydroxylation is 3. The van der Waals surface area contributed by atoms with Gasteiger partial charge in [0.1, 0.15) is 17.5 Å². The molecule has 21 heavy (non-hydrogen) atoms. The lowest BCUT2D eigenvalue weighted by molar-refractivity contribution is 0.939. The third-order valence-corrected chi connectivity index (χ3v) is 3.65. The molecule has 0 fully saturated rings. The van der Waals surface area contributed by atoms with E-state index in [1.165, 1.54) is 11.1 Å². The van der Waals surface area contributed by atoms with Crippen LogP contribution in [0.5, 0.6) is 0 Å². The van der Waals surface area contributed by atoms with Crippen molar-refractivity contribution in [2.45, 2.75) is 34.1 Å². The first-order valence-corrected chi connectivity index (χ1v) is 7.98. The van der Waals surface area contributed by atoms with E-state index in [0.29, 0.717) is 0 Å². The summed E-state index contributed by atoms with van der Waals surface area (Å²) in [6.45, 7) is 9.14. The minimum absolute atomic E-state index is 0.812. The first-order valence-electron chi connectivity index (χ1n) is 7.19. The number of halogens is 1. The quantitative estimate of drug-likeness (QED) is 0.829. The van der Waals surface area contributed by atoms with E-state index in [4.69, 9.17) is 0 Å². The Morgan fingerprint density at radius 1 is 1.00 bits per heavy atom. The molecule has 0 amide bonds. The Morgan fingerprint density at radius 3 is 2.19 bits per heavy atom. The van der Waals surface area contributed by atoms with Gasteiger partial charge in [-0.1, -0.05) is 22.9 Å². The number of aromatic nitrogens is 2. The minimum atomic E-state index is 0.812. The average Bonchev–Trinajstić information content (AvgIpc) is 2.43. The Morgan fingerprint density at radius 2 is 1.62 bits per heavy atom. The second-order valence-corrected chi connectivity index (χ2v) is 5.89. The molecular formula is C16H21BrN4. The molecule has 2 rings (SSSR count). The molecule has 2 N–H and O–H groups in total. The van der Waals surface area contributed by atoms with Gasteiger partial charge in [0.25, 0.3) is 0 Å². The van der Waals surface area contributed by atoms with Gasteiger partial charge in [-0.2, -0.15) is 0 Å². The average molecular weight is 349 g/mol. The number of hydrogen-bond acceptors (Lipinski definition) is 4. The number of nitrogens with one attached hydrogen (secondary N) is 2. The summed E-state index contributed by atoms with van der Waals surface area (Å²) in [5.41, 5.74) is 3.47. The summed E-state index contributed by atoms with van der Waals surface area (Å²) in [4.78, 5) is 9.03. The molecule has 5 heteroatoms. The van der Waals surface area contributed by atoms with Gasteiger partial charge in [0, 0.05) is 29.2 Å². The molecule has 0 aliphatic heterocycles. The molecule has 1 aromatic carbocycles. The molecule has 4 nitrogen and oxygen atoms in total. The number of rotatable bonds is 5. The Kier molecular flexibility index (Phi) is 5.17. The van der Waals surface area contributed by atoms with Crippen molar-refractivity contribution in [2.24, 2.45) is 0 Å². The van der Waals surface area contributed by atoms with Gasteiger partial charge in [-0.3, -0.25) is 0 Å². The van der Waals surface area contributed by atoms with E-state index in [0.717, 1.165) is 40.6 Å². The maximum atomic E-state index is 4.56. The van der Waals surface area contributed by atoms with Gasteiger partial charge in [-0.05, 0) is 44.0 Å². The van der Waals surface area contributed by atoms with Crippen molar-refractivity contribution in [2.75, 3.05) is 17.2 Å². The molecule has 0 aliphatic carbocycles. The Balaban J connectivity index is 2.37. The SMILES string of the molecule is CCNc1cc(Nc2c(C)cc(Br)cc2C)nc(CC)n1. The molecule has 0 atom stereocenters. The van der Waals surface area contributed by atoms with Crippen LogP contribution >= 0.6 is 15.9 Å². The van der Waals surface area contributed by atoms with Gasteiger partial charge >= 0.3 is 0 Å². The van der Waals surface area contributed by atoms with E-state index in [1.807, 2.05) is 6.07 Å². The molecule has 2 aromatic rings. The summed E-state index contributed by atoms with van der Waals surface area (Å²) < 4.78 is 1.09. The van der Waals surface area contributed by atoms with Crippen LogP contribution in [0, 0.1) is 13.8 Å². The Bertz CT molecular complexity index is 617. The third kappa shape index (κ3) is 3.94. The van der Waals surface area contributed by atoms with E-state index < -0.39 is 0 Å². The normalized spacial score (nSPS) is 10.5. The molecule has 0 bridgehead atoms. The molecule has 0 spiro atoms. The number of hydrogen-bond donors (Lipinski definition) is 2. The second-order valence-electron chi connectivity index (χ2n) is 4.98. The lowest BCUT2D eigenvalue weighted by Crippen LogP contribution is -2.06. The van der Waals surface area contributed by atoms with E-state index in [1.54, 1.807) is 0 Å². The van der Waals surface area contributed by atoms with Crippen LogP contribution in [0.4, 0.5) is 17.3 Å². The maximum Gasteiger partial charge on any atom is 0.136 e. The molecule has 0 saturated heterocycles. The fourth-order valence-electron chi connectivity index (χ4n) is 2.23. The van der Waals surface area contributed by atoms with Crippen LogP contribution in [-0.4, -0.2) is 16.5 Å². The maximum absolute atomic E-state index is 4.56. The molecule has 0 saturated carbocycles. The highest BCUT2D eigenvalue weighted by Gasteiger charge is 2.08. The topological polar surface area (TPSA) is 49.8 Å². The number of anilines is 3. The standard InChI is InChI=1S/C16H21BrN4/c1-5-13-19-14(18-6-2)9-15(20-13)21-16-10(3)7-12(17)8-11(16)4/h7-9H,5-6H2,1-4H3,(H2,18,19,20,21). The highest BCUT2D eigenvalue weighted by molar-refractivity contribution is 9.10. The van der Waals surface area contributed by atoms with Crippen molar-refractivity contribution in [3.05, 3.63) is 39.6 Å². The molecule has 112 valence electrons. The zero-order valence-electron chi connectivity index (χ0n) is 12.9. The first kappa shape index (κ1) is 15.8. The van der Waals surface area contributed by atoms with Crippen LogP contribution < -0.4 is 10.6 Å². The van der Waals surface area contributed by atoms with E-state index >= 15 is 0 Å².